The van der Waals surface area contributed by atoms with Crippen molar-refractivity contribution in [1.29, 1.82) is 0 Å². The van der Waals surface area contributed by atoms with E-state index in [9.17, 15) is 9.59 Å². The van der Waals surface area contributed by atoms with Gasteiger partial charge in [0.05, 0.1) is 37.1 Å². The van der Waals surface area contributed by atoms with E-state index in [-0.39, 0.29) is 50.8 Å². The van der Waals surface area contributed by atoms with E-state index in [0.29, 0.717) is 11.1 Å². The van der Waals surface area contributed by atoms with E-state index in [0.717, 1.165) is 16.7 Å². The molecule has 10 nitrogen and oxygen atoms in total. The zero-order chi connectivity index (χ0) is 41.7. The Morgan fingerprint density at radius 2 is 0.817 bits per heavy atom. The molecule has 5 aromatic rings. The molecule has 60 heavy (non-hydrogen) atoms. The topological polar surface area (TPSA) is 108 Å². The minimum atomic E-state index is -1.06. The molecule has 314 valence electrons. The highest BCUT2D eigenvalue weighted by molar-refractivity contribution is 5.89. The molecule has 0 bridgehead atoms. The van der Waals surface area contributed by atoms with Gasteiger partial charge in [-0.15, -0.1) is 0 Å². The van der Waals surface area contributed by atoms with Crippen LogP contribution in [0.15, 0.2) is 152 Å². The maximum Gasteiger partial charge on any atom is 0.338 e. The number of carbonyl (C=O) groups excluding carboxylic acids is 2. The zero-order valence-corrected chi connectivity index (χ0v) is 34.3. The first-order chi connectivity index (χ1) is 29.3. The Labute approximate surface area is 352 Å². The van der Waals surface area contributed by atoms with E-state index in [4.69, 9.17) is 37.9 Å². The van der Waals surface area contributed by atoms with Crippen LogP contribution >= 0.6 is 0 Å². The van der Waals surface area contributed by atoms with Gasteiger partial charge in [0.15, 0.2) is 12.6 Å². The van der Waals surface area contributed by atoms with Crippen LogP contribution in [0.1, 0.15) is 58.2 Å². The van der Waals surface area contributed by atoms with Crippen molar-refractivity contribution in [3.8, 4) is 0 Å². The Morgan fingerprint density at radius 3 is 1.28 bits per heavy atom. The molecule has 0 N–H and O–H groups in total. The summed E-state index contributed by atoms with van der Waals surface area (Å²) >= 11 is 0. The Kier molecular flexibility index (Phi) is 15.3. The predicted molar refractivity (Wildman–Crippen MR) is 224 cm³/mol. The lowest BCUT2D eigenvalue weighted by atomic mass is 9.79. The number of carbonyl (C=O) groups is 2. The highest BCUT2D eigenvalue weighted by Gasteiger charge is 2.52. The fourth-order valence-electron chi connectivity index (χ4n) is 7.58. The van der Waals surface area contributed by atoms with Gasteiger partial charge in [0.1, 0.15) is 37.6 Å². The van der Waals surface area contributed by atoms with Crippen molar-refractivity contribution >= 4 is 11.9 Å². The summed E-state index contributed by atoms with van der Waals surface area (Å²) in [4.78, 5) is 26.3. The van der Waals surface area contributed by atoms with Gasteiger partial charge in [-0.05, 0) is 52.8 Å². The fourth-order valence-corrected chi connectivity index (χ4v) is 7.58. The third-order valence-electron chi connectivity index (χ3n) is 11.5. The lowest BCUT2D eigenvalue weighted by molar-refractivity contribution is -0.374. The number of ether oxygens (including phenoxy) is 8. The molecule has 10 atom stereocenters. The maximum atomic E-state index is 13.4. The van der Waals surface area contributed by atoms with Crippen LogP contribution in [0.2, 0.25) is 0 Å². The van der Waals surface area contributed by atoms with Crippen LogP contribution in [0.4, 0.5) is 0 Å². The second-order valence-electron chi connectivity index (χ2n) is 15.5. The number of hydrogen-bond acceptors (Lipinski definition) is 10. The molecule has 2 fully saturated rings. The molecule has 0 aromatic heterocycles. The number of benzene rings is 5. The summed E-state index contributed by atoms with van der Waals surface area (Å²) in [5, 5.41) is 0. The number of hydrogen-bond donors (Lipinski definition) is 0. The van der Waals surface area contributed by atoms with Crippen molar-refractivity contribution in [1.82, 2.24) is 0 Å². The van der Waals surface area contributed by atoms with Gasteiger partial charge in [0.25, 0.3) is 0 Å². The van der Waals surface area contributed by atoms with Crippen LogP contribution in [0, 0.1) is 17.8 Å². The summed E-state index contributed by atoms with van der Waals surface area (Å²) in [7, 11) is 0. The molecule has 2 aliphatic heterocycles. The van der Waals surface area contributed by atoms with E-state index < -0.39 is 55.0 Å². The highest BCUT2D eigenvalue weighted by atomic mass is 16.8. The lowest BCUT2D eigenvalue weighted by Crippen LogP contribution is -2.63. The number of esters is 2. The van der Waals surface area contributed by atoms with E-state index in [1.165, 1.54) is 0 Å². The first-order valence-electron chi connectivity index (χ1n) is 20.7. The van der Waals surface area contributed by atoms with E-state index in [1.54, 1.807) is 48.5 Å². The largest absolute Gasteiger partial charge is 0.459 e. The molecule has 2 saturated heterocycles. The van der Waals surface area contributed by atoms with Gasteiger partial charge in [-0.3, -0.25) is 0 Å². The molecule has 2 aliphatic rings. The van der Waals surface area contributed by atoms with Crippen LogP contribution in [0.25, 0.3) is 0 Å². The van der Waals surface area contributed by atoms with Crippen molar-refractivity contribution in [2.24, 2.45) is 17.8 Å². The van der Waals surface area contributed by atoms with Gasteiger partial charge in [-0.25, -0.2) is 9.59 Å². The van der Waals surface area contributed by atoms with Gasteiger partial charge in [-0.1, -0.05) is 148 Å². The van der Waals surface area contributed by atoms with Crippen molar-refractivity contribution < 1.29 is 47.5 Å². The van der Waals surface area contributed by atoms with Crippen LogP contribution in [-0.4, -0.2) is 68.3 Å². The molecule has 0 amide bonds. The molecule has 2 heterocycles. The normalized spacial score (nSPS) is 26.5. The molecular formula is C50H54O10. The molecule has 4 unspecified atom stereocenters. The van der Waals surface area contributed by atoms with Crippen LogP contribution in [-0.2, 0) is 57.7 Å². The average Bonchev–Trinajstić information content (AvgIpc) is 3.30. The Bertz CT molecular complexity index is 2030. The van der Waals surface area contributed by atoms with E-state index in [2.05, 4.69) is 20.8 Å². The monoisotopic (exact) mass is 814 g/mol. The molecule has 0 saturated carbocycles. The molecule has 0 aliphatic carbocycles. The van der Waals surface area contributed by atoms with Gasteiger partial charge in [-0.2, -0.15) is 0 Å². The number of rotatable bonds is 17. The summed E-state index contributed by atoms with van der Waals surface area (Å²) in [5.74, 6) is -0.852. The third kappa shape index (κ3) is 11.3. The highest BCUT2D eigenvalue weighted by Crippen LogP contribution is 2.39. The second-order valence-corrected chi connectivity index (χ2v) is 15.5. The van der Waals surface area contributed by atoms with Crippen LogP contribution < -0.4 is 0 Å². The first-order valence-corrected chi connectivity index (χ1v) is 20.7. The van der Waals surface area contributed by atoms with E-state index in [1.807, 2.05) is 103 Å². The lowest BCUT2D eigenvalue weighted by Gasteiger charge is -2.49. The third-order valence-corrected chi connectivity index (χ3v) is 11.5. The van der Waals surface area contributed by atoms with Gasteiger partial charge in [0, 0.05) is 5.92 Å². The summed E-state index contributed by atoms with van der Waals surface area (Å²) in [6.45, 7) is 6.92. The van der Waals surface area contributed by atoms with Gasteiger partial charge in [0.2, 0.25) is 0 Å². The standard InChI is InChI=1S/C50H54O10/c1-34-35(2)42(32-56-47(51)40-25-15-7-16-26-40)58-49(36(34)3)60-50-46(55-31-39-23-13-6-14-24-39)45(54-30-38-21-11-5-12-22-38)44(53-29-37-19-9-4-10-20-37)43(59-50)33-57-48(52)41-27-17-8-18-28-41/h4-28,34-36,42-46,49-50H,29-33H2,1-3H3/t34-,35-,36?,42?,43?,44+,45-,46?,49+,50+/m0/s1. The Morgan fingerprint density at radius 1 is 0.433 bits per heavy atom. The summed E-state index contributed by atoms with van der Waals surface area (Å²) < 4.78 is 52.6. The van der Waals surface area contributed by atoms with Crippen molar-refractivity contribution in [3.63, 3.8) is 0 Å². The average molecular weight is 815 g/mol. The first kappa shape index (κ1) is 42.9. The maximum absolute atomic E-state index is 13.4. The predicted octanol–water partition coefficient (Wildman–Crippen LogP) is 8.83. The second kappa shape index (κ2) is 21.4. The molecule has 0 radical (unpaired) electrons. The van der Waals surface area contributed by atoms with Gasteiger partial charge < -0.3 is 37.9 Å². The molecule has 10 heteroatoms. The van der Waals surface area contributed by atoms with Crippen LogP contribution in [0.3, 0.4) is 0 Å². The summed E-state index contributed by atoms with van der Waals surface area (Å²) in [6.07, 6.45) is -5.53. The molecule has 7 rings (SSSR count). The molecule has 0 spiro atoms. The smallest absolute Gasteiger partial charge is 0.338 e. The minimum absolute atomic E-state index is 0.0432. The Balaban J connectivity index is 1.20. The van der Waals surface area contributed by atoms with Crippen molar-refractivity contribution in [3.05, 3.63) is 179 Å². The minimum Gasteiger partial charge on any atom is -0.459 e. The SMILES string of the molecule is CC1[C@@H](O[C@H]2OC(COC(=O)c3ccccc3)[C@@H](OCc3ccccc3)[C@H](OCc3ccccc3)C2OCc2ccccc2)OC(COC(=O)c2ccccc2)[C@@H](C)[C@@H]1C. The fraction of sp³-hybridized carbons (Fsp3) is 0.360. The van der Waals surface area contributed by atoms with Crippen molar-refractivity contribution in [2.75, 3.05) is 13.2 Å². The van der Waals surface area contributed by atoms with Crippen LogP contribution in [0.5, 0.6) is 0 Å². The quantitative estimate of drug-likeness (QED) is 0.0846. The van der Waals surface area contributed by atoms with Crippen molar-refractivity contribution in [2.45, 2.75) is 83.7 Å². The van der Waals surface area contributed by atoms with E-state index >= 15 is 0 Å². The van der Waals surface area contributed by atoms with Gasteiger partial charge >= 0.3 is 11.9 Å². The Hall–Kier alpha value is -5.20. The summed E-state index contributed by atoms with van der Waals surface area (Å²) in [5.41, 5.74) is 3.73. The molecule has 5 aromatic carbocycles. The zero-order valence-electron chi connectivity index (χ0n) is 34.3. The summed E-state index contributed by atoms with van der Waals surface area (Å²) in [6, 6.07) is 47.3. The molecular weight excluding hydrogens is 761 g/mol.